The largest absolute Gasteiger partial charge is 0.507 e. The molecule has 4 aromatic heterocycles. The number of nitrogens with two attached hydrogens (primary N) is 3. The number of ketones is 1. The molecule has 0 saturated carbocycles. The summed E-state index contributed by atoms with van der Waals surface area (Å²) in [7, 11) is 0. The number of carboxylic acids is 2. The Hall–Kier alpha value is -9.98. The van der Waals surface area contributed by atoms with Crippen LogP contribution in [0.1, 0.15) is 144 Å². The molecule has 0 spiro atoms. The number of benzene rings is 4. The lowest BCUT2D eigenvalue weighted by molar-refractivity contribution is -0.231. The predicted molar refractivity (Wildman–Crippen MR) is 489 cm³/mol. The molecular formula is C90H117IN6O38. The highest BCUT2D eigenvalue weighted by molar-refractivity contribution is 14.1. The Balaban J connectivity index is 0.000000257. The summed E-state index contributed by atoms with van der Waals surface area (Å²) in [5, 5.41) is 215. The Labute approximate surface area is 782 Å². The number of halogens is 1. The number of alkyl halides is 1. The van der Waals surface area contributed by atoms with Crippen LogP contribution in [-0.4, -0.2) is 316 Å². The number of hydrogen-bond acceptors (Lipinski definition) is 42. The highest BCUT2D eigenvalue weighted by Gasteiger charge is 2.51. The van der Waals surface area contributed by atoms with Crippen LogP contribution in [-0.2, 0) is 68.5 Å². The molecule has 0 aliphatic carbocycles. The van der Waals surface area contributed by atoms with Crippen molar-refractivity contribution in [2.75, 3.05) is 51.0 Å². The predicted octanol–water partition coefficient (Wildman–Crippen LogP) is -1.46. The average molecular weight is 2020 g/mol. The number of nitrogens with zero attached hydrogens (tertiary/aromatic N) is 3. The molecule has 8 heterocycles. The zero-order chi connectivity index (χ0) is 101. The Bertz CT molecular complexity index is 5870. The standard InChI is InChI=1S/C43H52N2O17.C23H30N2O10.C19H22O9.C4H10N2O2.CH3I/c1-16-8-17(2)31(41-37(55)35(53)33(51)27(14-46)61-41)39-29(16)25(49)12-21(59-39)10-19(4)44-7-6-23(43(57)58)45-20(5)11-22-13-26(50)30-18(3)9-24(48)32(40(30)60-22)42-38(56)36(54)34(52)28(15-47)62-42;1-9-5-13(27)17(22-20(31)19(30)18(29)15(8-26)35-22)21-16(9)14(28)7-11(34-21)6-10(2)25-12(3-4-24)23(32)33;1-7-3-10(22)14(19-17(26)16(25)15(24)12(6-20)28-19)18-13(7)11(23)5-9(27-18)4-8(2)21;5-2-1-4(6)8-3-7;1-2/h8-9,12-13,23,27-28,33-38,41-42,46-48,51-56H,6-7,10-11,14-15H2,1-5H3,(H,57,58);5,7,12,15,18-20,22,26-27,29-31H,3-4,6,8,24H2,1-2H3,(H,32,33);3,5,12,15-17,19-20,22,24-26H,4,6H2,1-2H3;3-4H,1-2,5-6H2;1H3. The number of fused-ring (bicyclic) bond motifs is 4. The summed E-state index contributed by atoms with van der Waals surface area (Å²) in [6, 6.07) is 8.11. The van der Waals surface area contributed by atoms with Crippen molar-refractivity contribution in [2.45, 2.75) is 248 Å². The summed E-state index contributed by atoms with van der Waals surface area (Å²) in [6.45, 7) is 12.4. The topological polar surface area (TPSA) is 775 Å². The van der Waals surface area contributed by atoms with Crippen LogP contribution in [0.25, 0.3) is 43.9 Å². The van der Waals surface area contributed by atoms with Crippen molar-refractivity contribution in [3.05, 3.63) is 163 Å². The van der Waals surface area contributed by atoms with Gasteiger partial charge >= 0.3 is 11.9 Å². The van der Waals surface area contributed by atoms with Crippen molar-refractivity contribution in [1.82, 2.24) is 0 Å². The van der Waals surface area contributed by atoms with E-state index in [1.807, 2.05) is 4.93 Å². The first-order valence-corrected chi connectivity index (χ1v) is 44.7. The summed E-state index contributed by atoms with van der Waals surface area (Å²) in [4.78, 5) is 112. The number of hydrogen-bond donors (Lipinski definition) is 24. The minimum absolute atomic E-state index is 0.00218. The van der Waals surface area contributed by atoms with Gasteiger partial charge in [-0.3, -0.25) is 49.5 Å². The molecule has 4 aliphatic rings. The molecule has 45 heteroatoms. The first kappa shape index (κ1) is 110. The third kappa shape index (κ3) is 25.5. The second kappa shape index (κ2) is 48.8. The van der Waals surface area contributed by atoms with Gasteiger partial charge in [0.05, 0.1) is 71.1 Å². The number of ether oxygens (including phenoxy) is 5. The van der Waals surface area contributed by atoms with E-state index in [9.17, 15) is 146 Å². The molecule has 742 valence electrons. The molecule has 4 saturated heterocycles. The first-order chi connectivity index (χ1) is 63.7. The normalized spacial score (nSPS) is 26.1. The Morgan fingerprint density at radius 2 is 0.674 bits per heavy atom. The minimum atomic E-state index is -1.79. The van der Waals surface area contributed by atoms with E-state index in [4.69, 9.17) is 53.8 Å². The minimum Gasteiger partial charge on any atom is -0.507 e. The summed E-state index contributed by atoms with van der Waals surface area (Å²) in [5.41, 5.74) is 16.7. The molecule has 4 aromatic carbocycles. The van der Waals surface area contributed by atoms with E-state index in [1.54, 1.807) is 54.5 Å². The van der Waals surface area contributed by atoms with Crippen LogP contribution in [0, 0.1) is 34.6 Å². The van der Waals surface area contributed by atoms with Crippen LogP contribution >= 0.6 is 22.6 Å². The zero-order valence-electron chi connectivity index (χ0n) is 75.2. The van der Waals surface area contributed by atoms with Crippen molar-refractivity contribution >= 4 is 108 Å². The van der Waals surface area contributed by atoms with Crippen LogP contribution in [0.4, 0.5) is 0 Å². The molecule has 23 atom stereocenters. The summed E-state index contributed by atoms with van der Waals surface area (Å²) in [6.07, 6.45) is -30.8. The number of carbonyl (C=O) groups is 4. The van der Waals surface area contributed by atoms with Crippen molar-refractivity contribution in [1.29, 1.82) is 0 Å². The van der Waals surface area contributed by atoms with Crippen LogP contribution < -0.4 is 38.9 Å². The fourth-order valence-corrected chi connectivity index (χ4v) is 16.4. The van der Waals surface area contributed by atoms with Crippen LogP contribution in [0.2, 0.25) is 0 Å². The van der Waals surface area contributed by atoms with Gasteiger partial charge in [0.25, 0.3) is 6.47 Å². The Morgan fingerprint density at radius 3 is 0.956 bits per heavy atom. The summed E-state index contributed by atoms with van der Waals surface area (Å²) >= 11 is 2.15. The van der Waals surface area contributed by atoms with Gasteiger partial charge in [-0.05, 0) is 139 Å². The van der Waals surface area contributed by atoms with Gasteiger partial charge in [-0.25, -0.2) is 9.59 Å². The van der Waals surface area contributed by atoms with Gasteiger partial charge in [0.2, 0.25) is 0 Å². The van der Waals surface area contributed by atoms with Gasteiger partial charge in [-0.2, -0.15) is 0 Å². The maximum atomic E-state index is 13.5. The molecule has 23 unspecified atom stereocenters. The molecule has 4 fully saturated rings. The number of carbonyl (C=O) groups excluding carboxylic acids is 2. The summed E-state index contributed by atoms with van der Waals surface area (Å²) < 4.78 is 50.8. The third-order valence-corrected chi connectivity index (χ3v) is 22.9. The Morgan fingerprint density at radius 1 is 0.400 bits per heavy atom. The zero-order valence-corrected chi connectivity index (χ0v) is 77.3. The molecule has 0 amide bonds. The lowest BCUT2D eigenvalue weighted by Gasteiger charge is -2.40. The van der Waals surface area contributed by atoms with Crippen molar-refractivity contribution in [2.24, 2.45) is 32.2 Å². The van der Waals surface area contributed by atoms with Crippen molar-refractivity contribution in [3.63, 3.8) is 0 Å². The average Bonchev–Trinajstić information content (AvgIpc) is 0.759. The number of phenols is 3. The molecule has 12 rings (SSSR count). The quantitative estimate of drug-likeness (QED) is 0.00837. The number of carboxylic acid groups (broad SMARTS) is 2. The molecule has 8 aromatic rings. The van der Waals surface area contributed by atoms with E-state index in [-0.39, 0.29) is 164 Å². The van der Waals surface area contributed by atoms with Crippen LogP contribution in [0.15, 0.2) is 100 Å². The van der Waals surface area contributed by atoms with E-state index >= 15 is 0 Å². The van der Waals surface area contributed by atoms with Crippen LogP contribution in [0.5, 0.6) is 17.2 Å². The van der Waals surface area contributed by atoms with Gasteiger partial charge in [-0.15, -0.1) is 0 Å². The van der Waals surface area contributed by atoms with E-state index in [1.165, 1.54) is 56.3 Å². The van der Waals surface area contributed by atoms with E-state index in [2.05, 4.69) is 42.3 Å². The maximum absolute atomic E-state index is 13.5. The third-order valence-electron chi connectivity index (χ3n) is 22.9. The molecule has 0 radical (unpaired) electrons. The Kier molecular flexibility index (Phi) is 39.9. The van der Waals surface area contributed by atoms with Crippen LogP contribution in [0.3, 0.4) is 0 Å². The number of Topliss-reactive ketones (excluding diaryl/α,β-unsaturated/α-hetero) is 1. The lowest BCUT2D eigenvalue weighted by atomic mass is 9.87. The van der Waals surface area contributed by atoms with Crippen molar-refractivity contribution < 1.29 is 168 Å². The van der Waals surface area contributed by atoms with Crippen molar-refractivity contribution in [3.8, 4) is 17.2 Å². The first-order valence-electron chi connectivity index (χ1n) is 42.5. The fraction of sp³-hybridized carbons (Fsp3) is 0.522. The fourth-order valence-electron chi connectivity index (χ4n) is 16.4. The molecule has 44 nitrogen and oxygen atoms in total. The molecule has 4 aliphatic heterocycles. The summed E-state index contributed by atoms with van der Waals surface area (Å²) in [5.74, 6) is -3.44. The number of aliphatic hydroxyl groups excluding tert-OH is 16. The smallest absolute Gasteiger partial charge is 0.328 e. The lowest BCUT2D eigenvalue weighted by Crippen LogP contribution is -2.55. The number of phenolic OH excluding ortho intramolecular Hbond substituents is 3. The van der Waals surface area contributed by atoms with Gasteiger partial charge in [0.15, 0.2) is 27.9 Å². The highest BCUT2D eigenvalue weighted by Crippen LogP contribution is 2.46. The van der Waals surface area contributed by atoms with Gasteiger partial charge in [0.1, 0.15) is 203 Å². The SMILES string of the molecule is CC(=O)Cc1cc(=O)c2c(C)cc(O)c(C3OC(CO)C(O)C(O)C3O)c2o1.CC(Cc1cc(=O)c2c(C)cc(C)c(C3OC(CO)C(O)C(O)C3O)c2o1)=NCCC(N=C(C)Cc1cc(=O)c2c(C)cc(O)c(C3OC(CO)C(O)C(O)C3O)c2o1)C(=O)O.CC(Cc1cc(=O)c2c(C)cc(O)c(C3OC(CO)C(O)C(O)C3O)c2o1)=NC(CCN)C(=O)O.CI.NCCC(N)OC=O. The number of aliphatic imine (C=N–C) groups is 3. The van der Waals surface area contributed by atoms with Gasteiger partial charge in [-0.1, -0.05) is 28.7 Å². The van der Waals surface area contributed by atoms with Gasteiger partial charge in [0, 0.05) is 79.2 Å². The molecule has 0 bridgehead atoms. The maximum Gasteiger partial charge on any atom is 0.328 e. The van der Waals surface area contributed by atoms with E-state index in [0.29, 0.717) is 58.7 Å². The number of aliphatic carboxylic acids is 2. The molecule has 135 heavy (non-hydrogen) atoms. The molecular weight excluding hydrogens is 1900 g/mol. The molecule has 27 N–H and O–H groups in total. The number of aryl methyl sites for hydroxylation is 5. The second-order valence-corrected chi connectivity index (χ2v) is 33.1. The van der Waals surface area contributed by atoms with Gasteiger partial charge < -0.3 is 160 Å². The highest BCUT2D eigenvalue weighted by atomic mass is 127. The van der Waals surface area contributed by atoms with E-state index in [0.717, 1.165) is 0 Å². The van der Waals surface area contributed by atoms with E-state index < -0.39 is 206 Å². The number of aliphatic hydroxyl groups is 16. The number of aromatic hydroxyl groups is 3. The number of rotatable bonds is 29. The second-order valence-electron chi connectivity index (χ2n) is 33.1. The monoisotopic (exact) mass is 2020 g/mol.